The summed E-state index contributed by atoms with van der Waals surface area (Å²) in [5, 5.41) is 19.9. The van der Waals surface area contributed by atoms with E-state index >= 15 is 0 Å². The van der Waals surface area contributed by atoms with Gasteiger partial charge in [-0.15, -0.1) is 0 Å². The molecule has 0 fully saturated rings. The molecule has 0 atom stereocenters. The number of aromatic carboxylic acids is 2. The summed E-state index contributed by atoms with van der Waals surface area (Å²) in [4.78, 5) is 32.0. The fourth-order valence-electron chi connectivity index (χ4n) is 2.40. The number of benzene rings is 3. The Labute approximate surface area is 162 Å². The molecule has 0 spiro atoms. The maximum atomic E-state index is 10.7. The molecule has 3 rings (SSSR count). The van der Waals surface area contributed by atoms with Crippen molar-refractivity contribution in [1.29, 1.82) is 0 Å². The van der Waals surface area contributed by atoms with Gasteiger partial charge in [-0.05, 0) is 35.4 Å². The summed E-state index contributed by atoms with van der Waals surface area (Å²) in [6.45, 7) is 1.33. The molecular formula is C22H19NO5. The molecule has 28 heavy (non-hydrogen) atoms. The molecule has 0 radical (unpaired) electrons. The fraction of sp³-hybridized carbons (Fsp3) is 0.0455. The Morgan fingerprint density at radius 2 is 1.21 bits per heavy atom. The summed E-state index contributed by atoms with van der Waals surface area (Å²) in [6.07, 6.45) is 0. The number of para-hydroxylation sites is 1. The monoisotopic (exact) mass is 377 g/mol. The normalized spacial score (nSPS) is 9.61. The van der Waals surface area contributed by atoms with E-state index in [1.165, 1.54) is 13.0 Å². The van der Waals surface area contributed by atoms with Crippen LogP contribution >= 0.6 is 0 Å². The Balaban J connectivity index is 0.000000203. The second kappa shape index (κ2) is 9.68. The van der Waals surface area contributed by atoms with E-state index in [9.17, 15) is 14.4 Å². The number of carboxylic acids is 2. The molecule has 6 nitrogen and oxygen atoms in total. The number of hydrogen-bond donors (Lipinski definition) is 3. The Morgan fingerprint density at radius 1 is 0.679 bits per heavy atom. The smallest absolute Gasteiger partial charge is 0.337 e. The lowest BCUT2D eigenvalue weighted by Gasteiger charge is -2.04. The second-order valence-electron chi connectivity index (χ2n) is 5.78. The maximum absolute atomic E-state index is 10.7. The minimum absolute atomic E-state index is 0.0951. The van der Waals surface area contributed by atoms with Gasteiger partial charge in [0.25, 0.3) is 0 Å². The standard InChI is InChI=1S/C13H10O2.C9H9NO3/c14-13(15)12-8-6-11(7-9-12)10-4-2-1-3-5-10;1-6(11)10-8-5-3-2-4-7(8)9(12)13/h1-9H,(H,14,15);2-5H,1H3,(H,10,11)(H,12,13). The fourth-order valence-corrected chi connectivity index (χ4v) is 2.40. The molecule has 1 amide bonds. The third-order valence-corrected chi connectivity index (χ3v) is 3.71. The second-order valence-corrected chi connectivity index (χ2v) is 5.78. The molecule has 3 aromatic rings. The van der Waals surface area contributed by atoms with Crippen LogP contribution in [0.25, 0.3) is 11.1 Å². The Hall–Kier alpha value is -3.93. The van der Waals surface area contributed by atoms with Crippen LogP contribution in [0, 0.1) is 0 Å². The van der Waals surface area contributed by atoms with Gasteiger partial charge in [-0.25, -0.2) is 9.59 Å². The van der Waals surface area contributed by atoms with E-state index in [2.05, 4.69) is 5.32 Å². The molecule has 0 aliphatic carbocycles. The molecule has 0 heterocycles. The molecule has 3 N–H and O–H groups in total. The van der Waals surface area contributed by atoms with Gasteiger partial charge in [0.05, 0.1) is 16.8 Å². The number of rotatable bonds is 4. The van der Waals surface area contributed by atoms with Crippen molar-refractivity contribution < 1.29 is 24.6 Å². The topological polar surface area (TPSA) is 104 Å². The number of carbonyl (C=O) groups excluding carboxylic acids is 1. The lowest BCUT2D eigenvalue weighted by atomic mass is 10.0. The third kappa shape index (κ3) is 5.81. The molecule has 0 bridgehead atoms. The number of anilines is 1. The highest BCUT2D eigenvalue weighted by Gasteiger charge is 2.08. The van der Waals surface area contributed by atoms with Crippen molar-refractivity contribution in [2.24, 2.45) is 0 Å². The van der Waals surface area contributed by atoms with Crippen LogP contribution in [-0.4, -0.2) is 28.1 Å². The number of amides is 1. The first-order valence-electron chi connectivity index (χ1n) is 8.37. The van der Waals surface area contributed by atoms with Crippen molar-refractivity contribution in [3.8, 4) is 11.1 Å². The van der Waals surface area contributed by atoms with E-state index < -0.39 is 11.9 Å². The predicted octanol–water partition coefficient (Wildman–Crippen LogP) is 4.40. The molecule has 0 aliphatic heterocycles. The van der Waals surface area contributed by atoms with Crippen LogP contribution in [-0.2, 0) is 4.79 Å². The Bertz CT molecular complexity index is 966. The van der Waals surface area contributed by atoms with Crippen LogP contribution in [0.5, 0.6) is 0 Å². The van der Waals surface area contributed by atoms with Crippen molar-refractivity contribution in [2.45, 2.75) is 6.92 Å². The number of nitrogens with one attached hydrogen (secondary N) is 1. The van der Waals surface area contributed by atoms with E-state index in [0.717, 1.165) is 11.1 Å². The first kappa shape index (κ1) is 20.4. The average molecular weight is 377 g/mol. The van der Waals surface area contributed by atoms with Crippen LogP contribution in [0.4, 0.5) is 5.69 Å². The zero-order valence-electron chi connectivity index (χ0n) is 15.1. The minimum Gasteiger partial charge on any atom is -0.478 e. The van der Waals surface area contributed by atoms with Crippen LogP contribution in [0.15, 0.2) is 78.9 Å². The SMILES string of the molecule is CC(=O)Nc1ccccc1C(=O)O.O=C(O)c1ccc(-c2ccccc2)cc1. The van der Waals surface area contributed by atoms with Gasteiger partial charge < -0.3 is 15.5 Å². The summed E-state index contributed by atoms with van der Waals surface area (Å²) in [5.74, 6) is -2.23. The minimum atomic E-state index is -1.05. The van der Waals surface area contributed by atoms with Crippen molar-refractivity contribution in [1.82, 2.24) is 0 Å². The molecule has 142 valence electrons. The van der Waals surface area contributed by atoms with Gasteiger partial charge in [-0.3, -0.25) is 4.79 Å². The van der Waals surface area contributed by atoms with Crippen molar-refractivity contribution in [3.05, 3.63) is 90.0 Å². The summed E-state index contributed by atoms with van der Waals surface area (Å²) in [6, 6.07) is 23.0. The predicted molar refractivity (Wildman–Crippen MR) is 107 cm³/mol. The van der Waals surface area contributed by atoms with Crippen molar-refractivity contribution in [2.75, 3.05) is 5.32 Å². The molecule has 6 heteroatoms. The van der Waals surface area contributed by atoms with Gasteiger partial charge in [0.15, 0.2) is 0 Å². The van der Waals surface area contributed by atoms with Gasteiger partial charge >= 0.3 is 11.9 Å². The molecule has 0 saturated carbocycles. The summed E-state index contributed by atoms with van der Waals surface area (Å²) in [7, 11) is 0. The first-order valence-corrected chi connectivity index (χ1v) is 8.37. The number of carboxylic acid groups (broad SMARTS) is 2. The van der Waals surface area contributed by atoms with Crippen LogP contribution in [0.2, 0.25) is 0 Å². The zero-order chi connectivity index (χ0) is 20.5. The van der Waals surface area contributed by atoms with E-state index in [0.29, 0.717) is 11.3 Å². The number of hydrogen-bond acceptors (Lipinski definition) is 3. The lowest BCUT2D eigenvalue weighted by Crippen LogP contribution is -2.10. The van der Waals surface area contributed by atoms with E-state index in [1.54, 1.807) is 30.3 Å². The summed E-state index contributed by atoms with van der Waals surface area (Å²) < 4.78 is 0. The lowest BCUT2D eigenvalue weighted by molar-refractivity contribution is -0.114. The molecule has 3 aromatic carbocycles. The van der Waals surface area contributed by atoms with Gasteiger partial charge in [0.1, 0.15) is 0 Å². The number of carbonyl (C=O) groups is 3. The molecular weight excluding hydrogens is 358 g/mol. The maximum Gasteiger partial charge on any atom is 0.337 e. The van der Waals surface area contributed by atoms with Crippen LogP contribution in [0.3, 0.4) is 0 Å². The average Bonchev–Trinajstić information content (AvgIpc) is 2.69. The van der Waals surface area contributed by atoms with Crippen LogP contribution in [0.1, 0.15) is 27.6 Å². The van der Waals surface area contributed by atoms with Crippen molar-refractivity contribution in [3.63, 3.8) is 0 Å². The third-order valence-electron chi connectivity index (χ3n) is 3.71. The van der Waals surface area contributed by atoms with Crippen molar-refractivity contribution >= 4 is 23.5 Å². The Kier molecular flexibility index (Phi) is 7.05. The summed E-state index contributed by atoms with van der Waals surface area (Å²) in [5.41, 5.74) is 2.85. The highest BCUT2D eigenvalue weighted by Crippen LogP contribution is 2.19. The highest BCUT2D eigenvalue weighted by molar-refractivity contribution is 5.99. The van der Waals surface area contributed by atoms with Crippen LogP contribution < -0.4 is 5.32 Å². The van der Waals surface area contributed by atoms with Gasteiger partial charge in [0.2, 0.25) is 5.91 Å². The molecule has 0 aromatic heterocycles. The van der Waals surface area contributed by atoms with E-state index in [1.807, 2.05) is 42.5 Å². The van der Waals surface area contributed by atoms with Gasteiger partial charge in [-0.1, -0.05) is 54.6 Å². The molecule has 0 saturated heterocycles. The quantitative estimate of drug-likeness (QED) is 0.625. The van der Waals surface area contributed by atoms with E-state index in [-0.39, 0.29) is 11.5 Å². The Morgan fingerprint density at radius 3 is 1.75 bits per heavy atom. The van der Waals surface area contributed by atoms with Gasteiger partial charge in [-0.2, -0.15) is 0 Å². The molecule has 0 unspecified atom stereocenters. The first-order chi connectivity index (χ1) is 13.4. The van der Waals surface area contributed by atoms with Gasteiger partial charge in [0, 0.05) is 6.92 Å². The zero-order valence-corrected chi connectivity index (χ0v) is 15.1. The largest absolute Gasteiger partial charge is 0.478 e. The summed E-state index contributed by atoms with van der Waals surface area (Å²) >= 11 is 0. The highest BCUT2D eigenvalue weighted by atomic mass is 16.4. The van der Waals surface area contributed by atoms with E-state index in [4.69, 9.17) is 10.2 Å². The molecule has 0 aliphatic rings.